The number of hydrogen-bond donors (Lipinski definition) is 0. The van der Waals surface area contributed by atoms with Crippen LogP contribution in [0.4, 0.5) is 0 Å². The Morgan fingerprint density at radius 2 is 2.22 bits per heavy atom. The van der Waals surface area contributed by atoms with Gasteiger partial charge in [-0.1, -0.05) is 17.7 Å². The van der Waals surface area contributed by atoms with E-state index in [9.17, 15) is 0 Å². The van der Waals surface area contributed by atoms with Gasteiger partial charge in [0.1, 0.15) is 11.0 Å². The van der Waals surface area contributed by atoms with Gasteiger partial charge in [0.05, 0.1) is 11.4 Å². The Morgan fingerprint density at radius 3 is 3.06 bits per heavy atom. The summed E-state index contributed by atoms with van der Waals surface area (Å²) < 4.78 is 0. The molecule has 92 valence electrons. The number of hydrogen-bond acceptors (Lipinski definition) is 3. The summed E-state index contributed by atoms with van der Waals surface area (Å²) in [7, 11) is 0. The second-order valence-corrected chi connectivity index (χ2v) is 5.04. The van der Waals surface area contributed by atoms with Crippen molar-refractivity contribution < 1.29 is 0 Å². The van der Waals surface area contributed by atoms with E-state index in [0.29, 0.717) is 5.15 Å². The molecule has 2 aromatic rings. The van der Waals surface area contributed by atoms with Gasteiger partial charge in [0.15, 0.2) is 0 Å². The first-order chi connectivity index (χ1) is 8.74. The third-order valence-corrected chi connectivity index (χ3v) is 3.57. The average Bonchev–Trinajstić information content (AvgIpc) is 2.37. The SMILES string of the molecule is Cc1nc(Cl)cc(C2CCCc3cccnc32)n1. The third kappa shape index (κ3) is 2.10. The van der Waals surface area contributed by atoms with E-state index in [4.69, 9.17) is 11.6 Å². The third-order valence-electron chi connectivity index (χ3n) is 3.38. The topological polar surface area (TPSA) is 38.7 Å². The predicted octanol–water partition coefficient (Wildman–Crippen LogP) is 3.30. The summed E-state index contributed by atoms with van der Waals surface area (Å²) in [6.07, 6.45) is 5.21. The lowest BCUT2D eigenvalue weighted by atomic mass is 9.84. The Balaban J connectivity index is 2.08. The van der Waals surface area contributed by atoms with Gasteiger partial charge in [0.2, 0.25) is 0 Å². The Kier molecular flexibility index (Phi) is 3.00. The van der Waals surface area contributed by atoms with Crippen LogP contribution in [0.1, 0.15) is 41.5 Å². The summed E-state index contributed by atoms with van der Waals surface area (Å²) in [5, 5.41) is 0.514. The number of rotatable bonds is 1. The van der Waals surface area contributed by atoms with E-state index in [1.165, 1.54) is 12.0 Å². The normalized spacial score (nSPS) is 18.4. The van der Waals surface area contributed by atoms with Crippen molar-refractivity contribution in [3.63, 3.8) is 0 Å². The molecule has 4 heteroatoms. The standard InChI is InChI=1S/C14H14ClN3/c1-9-17-12(8-13(15)18-9)11-6-2-4-10-5-3-7-16-14(10)11/h3,5,7-8,11H,2,4,6H2,1H3. The number of nitrogens with zero attached hydrogens (tertiary/aromatic N) is 3. The molecule has 0 spiro atoms. The maximum atomic E-state index is 6.02. The lowest BCUT2D eigenvalue weighted by molar-refractivity contribution is 0.585. The largest absolute Gasteiger partial charge is 0.260 e. The van der Waals surface area contributed by atoms with Gasteiger partial charge < -0.3 is 0 Å². The van der Waals surface area contributed by atoms with E-state index in [-0.39, 0.29) is 5.92 Å². The van der Waals surface area contributed by atoms with Crippen molar-refractivity contribution in [3.05, 3.63) is 52.3 Å². The van der Waals surface area contributed by atoms with Crippen LogP contribution in [-0.2, 0) is 6.42 Å². The van der Waals surface area contributed by atoms with E-state index >= 15 is 0 Å². The van der Waals surface area contributed by atoms with Crippen LogP contribution < -0.4 is 0 Å². The molecule has 3 rings (SSSR count). The summed E-state index contributed by atoms with van der Waals surface area (Å²) in [5.41, 5.74) is 3.48. The molecule has 0 aromatic carbocycles. The van der Waals surface area contributed by atoms with E-state index in [0.717, 1.165) is 30.1 Å². The van der Waals surface area contributed by atoms with Crippen LogP contribution in [0.5, 0.6) is 0 Å². The van der Waals surface area contributed by atoms with Crippen LogP contribution in [0.25, 0.3) is 0 Å². The first kappa shape index (κ1) is 11.6. The van der Waals surface area contributed by atoms with Crippen molar-refractivity contribution in [1.82, 2.24) is 15.0 Å². The Morgan fingerprint density at radius 1 is 1.33 bits per heavy atom. The molecule has 0 fully saturated rings. The number of pyridine rings is 1. The lowest BCUT2D eigenvalue weighted by Gasteiger charge is -2.23. The van der Waals surface area contributed by atoms with Gasteiger partial charge >= 0.3 is 0 Å². The van der Waals surface area contributed by atoms with Crippen molar-refractivity contribution in [3.8, 4) is 0 Å². The van der Waals surface area contributed by atoms with Gasteiger partial charge in [-0.15, -0.1) is 0 Å². The van der Waals surface area contributed by atoms with E-state index in [2.05, 4.69) is 21.0 Å². The highest BCUT2D eigenvalue weighted by Crippen LogP contribution is 2.34. The quantitative estimate of drug-likeness (QED) is 0.738. The molecular weight excluding hydrogens is 246 g/mol. The summed E-state index contributed by atoms with van der Waals surface area (Å²) in [4.78, 5) is 13.2. The maximum Gasteiger partial charge on any atom is 0.133 e. The van der Waals surface area contributed by atoms with Gasteiger partial charge in [0, 0.05) is 12.1 Å². The predicted molar refractivity (Wildman–Crippen MR) is 70.8 cm³/mol. The highest BCUT2D eigenvalue weighted by molar-refractivity contribution is 6.29. The average molecular weight is 260 g/mol. The number of fused-ring (bicyclic) bond motifs is 1. The fourth-order valence-electron chi connectivity index (χ4n) is 2.63. The van der Waals surface area contributed by atoms with Crippen LogP contribution >= 0.6 is 11.6 Å². The van der Waals surface area contributed by atoms with Crippen molar-refractivity contribution in [2.24, 2.45) is 0 Å². The molecule has 0 amide bonds. The molecule has 0 aliphatic heterocycles. The van der Waals surface area contributed by atoms with Crippen molar-refractivity contribution in [2.45, 2.75) is 32.1 Å². The Bertz CT molecular complexity index is 563. The van der Waals surface area contributed by atoms with Crippen molar-refractivity contribution in [2.75, 3.05) is 0 Å². The molecule has 1 aliphatic rings. The summed E-state index contributed by atoms with van der Waals surface area (Å²) in [6.45, 7) is 1.87. The zero-order valence-corrected chi connectivity index (χ0v) is 11.0. The van der Waals surface area contributed by atoms with Crippen molar-refractivity contribution >= 4 is 11.6 Å². The van der Waals surface area contributed by atoms with E-state index in [1.807, 2.05) is 25.3 Å². The summed E-state index contributed by atoms with van der Waals surface area (Å²) in [5.74, 6) is 0.981. The molecule has 1 aliphatic carbocycles. The lowest BCUT2D eigenvalue weighted by Crippen LogP contribution is -2.14. The summed E-state index contributed by atoms with van der Waals surface area (Å²) in [6, 6.07) is 6.02. The minimum absolute atomic E-state index is 0.258. The molecule has 0 saturated carbocycles. The molecule has 2 heterocycles. The zero-order chi connectivity index (χ0) is 12.5. The first-order valence-corrected chi connectivity index (χ1v) is 6.57. The smallest absolute Gasteiger partial charge is 0.133 e. The van der Waals surface area contributed by atoms with Gasteiger partial charge in [-0.2, -0.15) is 0 Å². The number of aromatic nitrogens is 3. The van der Waals surface area contributed by atoms with Crippen LogP contribution in [0.2, 0.25) is 5.15 Å². The molecule has 1 unspecified atom stereocenters. The second kappa shape index (κ2) is 4.65. The molecular formula is C14H14ClN3. The molecule has 18 heavy (non-hydrogen) atoms. The first-order valence-electron chi connectivity index (χ1n) is 6.19. The highest BCUT2D eigenvalue weighted by Gasteiger charge is 2.24. The summed E-state index contributed by atoms with van der Waals surface area (Å²) >= 11 is 6.02. The van der Waals surface area contributed by atoms with Gasteiger partial charge in [-0.3, -0.25) is 4.98 Å². The molecule has 0 N–H and O–H groups in total. The number of halogens is 1. The molecule has 3 nitrogen and oxygen atoms in total. The molecule has 0 radical (unpaired) electrons. The van der Waals surface area contributed by atoms with Gasteiger partial charge in [-0.05, 0) is 43.9 Å². The monoisotopic (exact) mass is 259 g/mol. The Labute approximate surface area is 111 Å². The zero-order valence-electron chi connectivity index (χ0n) is 10.2. The molecule has 1 atom stereocenters. The molecule has 2 aromatic heterocycles. The second-order valence-electron chi connectivity index (χ2n) is 4.66. The molecule has 0 saturated heterocycles. The van der Waals surface area contributed by atoms with Crippen molar-refractivity contribution in [1.29, 1.82) is 0 Å². The van der Waals surface area contributed by atoms with Gasteiger partial charge in [0.25, 0.3) is 0 Å². The minimum Gasteiger partial charge on any atom is -0.260 e. The van der Waals surface area contributed by atoms with Crippen LogP contribution in [0.3, 0.4) is 0 Å². The van der Waals surface area contributed by atoms with Crippen LogP contribution in [0, 0.1) is 6.92 Å². The fourth-order valence-corrected chi connectivity index (χ4v) is 2.86. The van der Waals surface area contributed by atoms with Gasteiger partial charge in [-0.25, -0.2) is 9.97 Å². The van der Waals surface area contributed by atoms with Crippen LogP contribution in [-0.4, -0.2) is 15.0 Å². The highest BCUT2D eigenvalue weighted by atomic mass is 35.5. The number of aryl methyl sites for hydroxylation is 2. The maximum absolute atomic E-state index is 6.02. The molecule has 0 bridgehead atoms. The van der Waals surface area contributed by atoms with E-state index < -0.39 is 0 Å². The fraction of sp³-hybridized carbons (Fsp3) is 0.357. The van der Waals surface area contributed by atoms with E-state index in [1.54, 1.807) is 0 Å². The Hall–Kier alpha value is -1.48. The van der Waals surface area contributed by atoms with Crippen LogP contribution in [0.15, 0.2) is 24.4 Å². The minimum atomic E-state index is 0.258.